The van der Waals surface area contributed by atoms with Crippen molar-refractivity contribution in [1.82, 2.24) is 4.57 Å². The van der Waals surface area contributed by atoms with Crippen LogP contribution in [0.4, 0.5) is 8.78 Å². The minimum Gasteiger partial charge on any atom is -0.415 e. The van der Waals surface area contributed by atoms with Crippen molar-refractivity contribution in [2.75, 3.05) is 6.26 Å². The lowest BCUT2D eigenvalue weighted by molar-refractivity contribution is 0.504. The zero-order valence-corrected chi connectivity index (χ0v) is 15.3. The summed E-state index contributed by atoms with van der Waals surface area (Å²) in [6, 6.07) is 5.89. The maximum atomic E-state index is 14.2. The Morgan fingerprint density at radius 1 is 1.04 bits per heavy atom. The predicted molar refractivity (Wildman–Crippen MR) is 92.8 cm³/mol. The lowest BCUT2D eigenvalue weighted by Gasteiger charge is -2.09. The SMILES string of the molecule is CS(=O)(=O)c1c(F)cc(-c2coc(=O)n2-c2ccc(Cl)c(Cl)c2)cc1F. The van der Waals surface area contributed by atoms with Crippen LogP contribution in [0.2, 0.25) is 10.0 Å². The Bertz CT molecular complexity index is 1160. The highest BCUT2D eigenvalue weighted by molar-refractivity contribution is 7.90. The number of sulfone groups is 1. The van der Waals surface area contributed by atoms with E-state index >= 15 is 0 Å². The summed E-state index contributed by atoms with van der Waals surface area (Å²) in [5, 5.41) is 0.413. The monoisotopic (exact) mass is 419 g/mol. The van der Waals surface area contributed by atoms with Gasteiger partial charge >= 0.3 is 5.76 Å². The van der Waals surface area contributed by atoms with Crippen LogP contribution in [-0.2, 0) is 9.84 Å². The van der Waals surface area contributed by atoms with Gasteiger partial charge in [0, 0.05) is 11.8 Å². The van der Waals surface area contributed by atoms with Crippen LogP contribution < -0.4 is 5.76 Å². The number of hydrogen-bond donors (Lipinski definition) is 0. The number of benzene rings is 2. The van der Waals surface area contributed by atoms with Crippen LogP contribution in [0.1, 0.15) is 0 Å². The molecule has 0 unspecified atom stereocenters. The zero-order valence-electron chi connectivity index (χ0n) is 13.0. The second-order valence-corrected chi connectivity index (χ2v) is 8.13. The molecule has 0 saturated heterocycles. The average Bonchev–Trinajstić information content (AvgIpc) is 2.89. The fraction of sp³-hybridized carbons (Fsp3) is 0.0625. The highest BCUT2D eigenvalue weighted by Crippen LogP contribution is 2.30. The first-order valence-electron chi connectivity index (χ1n) is 6.95. The molecule has 26 heavy (non-hydrogen) atoms. The van der Waals surface area contributed by atoms with Gasteiger partial charge in [0.05, 0.1) is 21.4 Å². The van der Waals surface area contributed by atoms with Crippen LogP contribution in [-0.4, -0.2) is 19.2 Å². The molecule has 0 atom stereocenters. The fourth-order valence-corrected chi connectivity index (χ4v) is 3.56. The molecule has 0 radical (unpaired) electrons. The standard InChI is InChI=1S/C16H9Cl2F2NO4S/c1-26(23,24)15-12(19)4-8(5-13(15)20)14-7-25-16(22)21(14)9-2-3-10(17)11(18)6-9/h2-7H,1H3. The van der Waals surface area contributed by atoms with Crippen LogP contribution in [0.3, 0.4) is 0 Å². The van der Waals surface area contributed by atoms with Crippen LogP contribution in [0.5, 0.6) is 0 Å². The van der Waals surface area contributed by atoms with Crippen LogP contribution in [0.25, 0.3) is 16.9 Å². The molecule has 5 nitrogen and oxygen atoms in total. The Labute approximate surface area is 156 Å². The molecular weight excluding hydrogens is 411 g/mol. The summed E-state index contributed by atoms with van der Waals surface area (Å²) >= 11 is 11.8. The van der Waals surface area contributed by atoms with E-state index in [4.69, 9.17) is 27.6 Å². The van der Waals surface area contributed by atoms with Gasteiger partial charge in [-0.3, -0.25) is 0 Å². The van der Waals surface area contributed by atoms with E-state index in [-0.39, 0.29) is 27.0 Å². The van der Waals surface area contributed by atoms with E-state index in [0.29, 0.717) is 6.26 Å². The topological polar surface area (TPSA) is 69.3 Å². The van der Waals surface area contributed by atoms with Crippen molar-refractivity contribution in [2.24, 2.45) is 0 Å². The van der Waals surface area contributed by atoms with Gasteiger partial charge in [-0.05, 0) is 30.3 Å². The lowest BCUT2D eigenvalue weighted by atomic mass is 10.1. The molecule has 0 aliphatic rings. The van der Waals surface area contributed by atoms with Crippen LogP contribution in [0, 0.1) is 11.6 Å². The van der Waals surface area contributed by atoms with Crippen molar-refractivity contribution in [2.45, 2.75) is 4.90 Å². The first-order chi connectivity index (χ1) is 12.1. The van der Waals surface area contributed by atoms with E-state index in [1.807, 2.05) is 0 Å². The Hall–Kier alpha value is -2.16. The molecule has 0 aliphatic heterocycles. The molecule has 0 saturated carbocycles. The molecule has 1 aromatic heterocycles. The molecule has 0 aliphatic carbocycles. The maximum Gasteiger partial charge on any atom is 0.424 e. The Morgan fingerprint density at radius 2 is 1.65 bits per heavy atom. The van der Waals surface area contributed by atoms with Crippen molar-refractivity contribution in [1.29, 1.82) is 0 Å². The van der Waals surface area contributed by atoms with E-state index in [9.17, 15) is 22.0 Å². The summed E-state index contributed by atoms with van der Waals surface area (Å²) in [5.41, 5.74) is 0.164. The molecule has 0 bridgehead atoms. The van der Waals surface area contributed by atoms with E-state index in [1.165, 1.54) is 18.2 Å². The Balaban J connectivity index is 2.24. The first kappa shape index (κ1) is 18.6. The lowest BCUT2D eigenvalue weighted by Crippen LogP contribution is -2.13. The summed E-state index contributed by atoms with van der Waals surface area (Å²) in [6.07, 6.45) is 1.69. The molecule has 3 aromatic rings. The third-order valence-corrected chi connectivity index (χ3v) is 5.39. The van der Waals surface area contributed by atoms with Crippen LogP contribution >= 0.6 is 23.2 Å². The average molecular weight is 420 g/mol. The highest BCUT2D eigenvalue weighted by Gasteiger charge is 2.23. The van der Waals surface area contributed by atoms with Gasteiger partial charge in [-0.1, -0.05) is 23.2 Å². The first-order valence-corrected chi connectivity index (χ1v) is 9.60. The van der Waals surface area contributed by atoms with Gasteiger partial charge in [-0.15, -0.1) is 0 Å². The minimum absolute atomic E-state index is 0.00578. The molecule has 3 rings (SSSR count). The second-order valence-electron chi connectivity index (χ2n) is 5.36. The van der Waals surface area contributed by atoms with Gasteiger partial charge < -0.3 is 4.42 Å². The number of halogens is 4. The van der Waals surface area contributed by atoms with Gasteiger partial charge in [0.25, 0.3) is 0 Å². The van der Waals surface area contributed by atoms with E-state index < -0.39 is 32.1 Å². The summed E-state index contributed by atoms with van der Waals surface area (Å²) in [6.45, 7) is 0. The van der Waals surface area contributed by atoms with Crippen molar-refractivity contribution in [3.8, 4) is 16.9 Å². The summed E-state index contributed by atoms with van der Waals surface area (Å²) in [5.74, 6) is -3.39. The third-order valence-electron chi connectivity index (χ3n) is 3.52. The number of oxazole rings is 1. The molecule has 0 spiro atoms. The molecule has 1 heterocycles. The second kappa shape index (κ2) is 6.53. The Kier molecular flexibility index (Phi) is 4.68. The summed E-state index contributed by atoms with van der Waals surface area (Å²) in [7, 11) is -4.10. The van der Waals surface area contributed by atoms with Crippen molar-refractivity contribution < 1.29 is 21.6 Å². The van der Waals surface area contributed by atoms with Gasteiger partial charge in [0.2, 0.25) is 0 Å². The minimum atomic E-state index is -4.10. The molecule has 2 aromatic carbocycles. The summed E-state index contributed by atoms with van der Waals surface area (Å²) < 4.78 is 57.2. The summed E-state index contributed by atoms with van der Waals surface area (Å²) in [4.78, 5) is 11.0. The van der Waals surface area contributed by atoms with E-state index in [1.54, 1.807) is 0 Å². The third kappa shape index (κ3) is 3.27. The predicted octanol–water partition coefficient (Wildman–Crippen LogP) is 4.09. The number of rotatable bonds is 3. The molecule has 0 N–H and O–H groups in total. The molecular formula is C16H9Cl2F2NO4S. The molecule has 0 amide bonds. The smallest absolute Gasteiger partial charge is 0.415 e. The number of nitrogens with zero attached hydrogens (tertiary/aromatic N) is 1. The van der Waals surface area contributed by atoms with Crippen molar-refractivity contribution in [3.63, 3.8) is 0 Å². The zero-order chi connectivity index (χ0) is 19.2. The fourth-order valence-electron chi connectivity index (χ4n) is 2.44. The van der Waals surface area contributed by atoms with Crippen molar-refractivity contribution >= 4 is 33.0 Å². The van der Waals surface area contributed by atoms with Gasteiger partial charge in [-0.2, -0.15) is 0 Å². The number of hydrogen-bond acceptors (Lipinski definition) is 4. The maximum absolute atomic E-state index is 14.2. The number of aromatic nitrogens is 1. The van der Waals surface area contributed by atoms with E-state index in [0.717, 1.165) is 23.0 Å². The molecule has 10 heteroatoms. The molecule has 0 fully saturated rings. The molecule has 136 valence electrons. The van der Waals surface area contributed by atoms with Gasteiger partial charge in [0.15, 0.2) is 9.84 Å². The normalized spacial score (nSPS) is 11.7. The highest BCUT2D eigenvalue weighted by atomic mass is 35.5. The largest absolute Gasteiger partial charge is 0.424 e. The quantitative estimate of drug-likeness (QED) is 0.640. The van der Waals surface area contributed by atoms with Crippen LogP contribution in [0.15, 0.2) is 50.7 Å². The van der Waals surface area contributed by atoms with Gasteiger partial charge in [-0.25, -0.2) is 26.6 Å². The van der Waals surface area contributed by atoms with Gasteiger partial charge in [0.1, 0.15) is 22.8 Å². The Morgan fingerprint density at radius 3 is 2.19 bits per heavy atom. The van der Waals surface area contributed by atoms with E-state index in [2.05, 4.69) is 0 Å². The van der Waals surface area contributed by atoms with Crippen molar-refractivity contribution in [3.05, 3.63) is 68.8 Å².